The van der Waals surface area contributed by atoms with Crippen LogP contribution in [-0.4, -0.2) is 11.8 Å². The van der Waals surface area contributed by atoms with Crippen molar-refractivity contribution in [3.63, 3.8) is 0 Å². The largest absolute Gasteiger partial charge is 0.366 e. The SMILES string of the molecule is CC=C(CCl)C(N)=O. The molecule has 3 heteroatoms. The topological polar surface area (TPSA) is 43.1 Å². The molecule has 0 atom stereocenters. The van der Waals surface area contributed by atoms with Crippen molar-refractivity contribution in [3.8, 4) is 0 Å². The number of primary amides is 1. The van der Waals surface area contributed by atoms with Gasteiger partial charge in [0.15, 0.2) is 0 Å². The molecule has 8 heavy (non-hydrogen) atoms. The van der Waals surface area contributed by atoms with Gasteiger partial charge in [-0.3, -0.25) is 4.79 Å². The summed E-state index contributed by atoms with van der Waals surface area (Å²) in [6.45, 7) is 1.72. The molecule has 0 heterocycles. The Hall–Kier alpha value is -0.500. The van der Waals surface area contributed by atoms with Crippen molar-refractivity contribution in [2.75, 3.05) is 5.88 Å². The highest BCUT2D eigenvalue weighted by Gasteiger charge is 1.98. The predicted octanol–water partition coefficient (Wildman–Crippen LogP) is 0.657. The van der Waals surface area contributed by atoms with Gasteiger partial charge in [-0.25, -0.2) is 0 Å². The maximum atomic E-state index is 10.2. The van der Waals surface area contributed by atoms with Crippen molar-refractivity contribution in [1.82, 2.24) is 0 Å². The van der Waals surface area contributed by atoms with E-state index in [-0.39, 0.29) is 5.88 Å². The summed E-state index contributed by atoms with van der Waals surface area (Å²) in [5.74, 6) is -0.242. The second-order valence-corrected chi connectivity index (χ2v) is 1.58. The lowest BCUT2D eigenvalue weighted by Crippen LogP contribution is -2.14. The Bertz CT molecular complexity index is 120. The first-order chi connectivity index (χ1) is 3.72. The highest BCUT2D eigenvalue weighted by atomic mass is 35.5. The number of halogens is 1. The summed E-state index contributed by atoms with van der Waals surface area (Å²) >= 11 is 5.29. The molecule has 0 aromatic heterocycles. The molecule has 0 aliphatic carbocycles. The number of rotatable bonds is 2. The van der Waals surface area contributed by atoms with E-state index in [1.165, 1.54) is 0 Å². The van der Waals surface area contributed by atoms with Crippen LogP contribution >= 0.6 is 11.6 Å². The molecule has 0 bridgehead atoms. The van der Waals surface area contributed by atoms with Crippen molar-refractivity contribution < 1.29 is 4.79 Å². The van der Waals surface area contributed by atoms with Crippen LogP contribution in [0.3, 0.4) is 0 Å². The molecule has 0 saturated heterocycles. The molecule has 0 rings (SSSR count). The number of hydrogen-bond acceptors (Lipinski definition) is 1. The van der Waals surface area contributed by atoms with Crippen LogP contribution in [-0.2, 0) is 4.79 Å². The number of carbonyl (C=O) groups excluding carboxylic acids is 1. The Balaban J connectivity index is 3.92. The minimum absolute atomic E-state index is 0.200. The summed E-state index contributed by atoms with van der Waals surface area (Å²) in [5.41, 5.74) is 5.33. The minimum Gasteiger partial charge on any atom is -0.366 e. The van der Waals surface area contributed by atoms with Crippen molar-refractivity contribution in [1.29, 1.82) is 0 Å². The van der Waals surface area contributed by atoms with Crippen LogP contribution in [0.1, 0.15) is 6.92 Å². The van der Waals surface area contributed by atoms with Crippen LogP contribution in [0.2, 0.25) is 0 Å². The predicted molar refractivity (Wildman–Crippen MR) is 33.7 cm³/mol. The Morgan fingerprint density at radius 2 is 2.38 bits per heavy atom. The number of alkyl halides is 1. The summed E-state index contributed by atoms with van der Waals surface area (Å²) in [6, 6.07) is 0. The molecule has 0 fully saturated rings. The smallest absolute Gasteiger partial charge is 0.245 e. The standard InChI is InChI=1S/C5H8ClNO/c1-2-4(3-6)5(7)8/h2H,3H2,1H3,(H2,7,8). The fraction of sp³-hybridized carbons (Fsp3) is 0.400. The van der Waals surface area contributed by atoms with Crippen molar-refractivity contribution in [2.24, 2.45) is 5.73 Å². The van der Waals surface area contributed by atoms with Crippen LogP contribution < -0.4 is 5.73 Å². The lowest BCUT2D eigenvalue weighted by Gasteiger charge is -1.91. The quantitative estimate of drug-likeness (QED) is 0.437. The van der Waals surface area contributed by atoms with Gasteiger partial charge in [0.1, 0.15) is 0 Å². The number of carbonyl (C=O) groups is 1. The molecule has 0 unspecified atom stereocenters. The number of amides is 1. The van der Waals surface area contributed by atoms with Gasteiger partial charge in [-0.05, 0) is 6.92 Å². The third-order valence-electron chi connectivity index (χ3n) is 0.809. The van der Waals surface area contributed by atoms with E-state index in [1.807, 2.05) is 0 Å². The normalized spacial score (nSPS) is 11.5. The summed E-state index contributed by atoms with van der Waals surface area (Å²) in [5, 5.41) is 0. The van der Waals surface area contributed by atoms with Gasteiger partial charge in [-0.15, -0.1) is 11.6 Å². The summed E-state index contributed by atoms with van der Waals surface area (Å²) < 4.78 is 0. The molecule has 2 N–H and O–H groups in total. The Morgan fingerprint density at radius 3 is 2.38 bits per heavy atom. The van der Waals surface area contributed by atoms with Crippen LogP contribution in [0.4, 0.5) is 0 Å². The van der Waals surface area contributed by atoms with Crippen LogP contribution in [0, 0.1) is 0 Å². The first-order valence-electron chi connectivity index (χ1n) is 2.23. The number of allylic oxidation sites excluding steroid dienone is 1. The lowest BCUT2D eigenvalue weighted by molar-refractivity contribution is -0.114. The zero-order valence-electron chi connectivity index (χ0n) is 4.65. The van der Waals surface area contributed by atoms with Gasteiger partial charge in [0.05, 0.1) is 5.88 Å². The van der Waals surface area contributed by atoms with Gasteiger partial charge in [-0.2, -0.15) is 0 Å². The Kier molecular flexibility index (Phi) is 3.28. The second-order valence-electron chi connectivity index (χ2n) is 1.31. The number of nitrogens with two attached hydrogens (primary N) is 1. The molecule has 2 nitrogen and oxygen atoms in total. The van der Waals surface area contributed by atoms with Gasteiger partial charge in [-0.1, -0.05) is 6.08 Å². The van der Waals surface area contributed by atoms with Gasteiger partial charge in [0.25, 0.3) is 0 Å². The molecule has 0 saturated carbocycles. The van der Waals surface area contributed by atoms with Crippen LogP contribution in [0.15, 0.2) is 11.6 Å². The molecule has 0 aromatic carbocycles. The maximum Gasteiger partial charge on any atom is 0.245 e. The minimum atomic E-state index is -0.442. The summed E-state index contributed by atoms with van der Waals surface area (Å²) in [4.78, 5) is 10.2. The zero-order valence-corrected chi connectivity index (χ0v) is 5.40. The first-order valence-corrected chi connectivity index (χ1v) is 2.76. The summed E-state index contributed by atoms with van der Waals surface area (Å²) in [7, 11) is 0. The first kappa shape index (κ1) is 7.50. The number of hydrogen-bond donors (Lipinski definition) is 1. The van der Waals surface area contributed by atoms with Crippen LogP contribution in [0.25, 0.3) is 0 Å². The molecule has 0 aromatic rings. The van der Waals surface area contributed by atoms with Gasteiger partial charge >= 0.3 is 0 Å². The Morgan fingerprint density at radius 1 is 1.88 bits per heavy atom. The van der Waals surface area contributed by atoms with E-state index in [2.05, 4.69) is 0 Å². The highest BCUT2D eigenvalue weighted by molar-refractivity contribution is 6.22. The average molecular weight is 134 g/mol. The third-order valence-corrected chi connectivity index (χ3v) is 1.10. The van der Waals surface area contributed by atoms with E-state index in [1.54, 1.807) is 13.0 Å². The Labute approximate surface area is 53.3 Å². The van der Waals surface area contributed by atoms with Gasteiger partial charge in [0, 0.05) is 5.57 Å². The molecule has 0 aliphatic heterocycles. The van der Waals surface area contributed by atoms with E-state index in [0.29, 0.717) is 5.57 Å². The van der Waals surface area contributed by atoms with E-state index in [4.69, 9.17) is 17.3 Å². The van der Waals surface area contributed by atoms with E-state index >= 15 is 0 Å². The monoisotopic (exact) mass is 133 g/mol. The highest BCUT2D eigenvalue weighted by Crippen LogP contribution is 1.93. The molecule has 0 aliphatic rings. The second kappa shape index (κ2) is 3.50. The lowest BCUT2D eigenvalue weighted by atomic mass is 10.3. The van der Waals surface area contributed by atoms with E-state index in [9.17, 15) is 4.79 Å². The molecule has 1 amide bonds. The zero-order chi connectivity index (χ0) is 6.57. The van der Waals surface area contributed by atoms with E-state index in [0.717, 1.165) is 0 Å². The molecule has 0 radical (unpaired) electrons. The maximum absolute atomic E-state index is 10.2. The molecule has 0 spiro atoms. The van der Waals surface area contributed by atoms with E-state index < -0.39 is 5.91 Å². The van der Waals surface area contributed by atoms with Crippen molar-refractivity contribution >= 4 is 17.5 Å². The fourth-order valence-corrected chi connectivity index (χ4v) is 0.571. The van der Waals surface area contributed by atoms with Gasteiger partial charge < -0.3 is 5.73 Å². The fourth-order valence-electron chi connectivity index (χ4n) is 0.285. The summed E-state index contributed by atoms with van der Waals surface area (Å²) in [6.07, 6.45) is 1.61. The average Bonchev–Trinajstić information content (AvgIpc) is 1.69. The third kappa shape index (κ3) is 1.98. The molecular formula is C5H8ClNO. The van der Waals surface area contributed by atoms with Crippen LogP contribution in [0.5, 0.6) is 0 Å². The molecular weight excluding hydrogens is 126 g/mol. The van der Waals surface area contributed by atoms with Crippen molar-refractivity contribution in [2.45, 2.75) is 6.92 Å². The molecule has 46 valence electrons. The van der Waals surface area contributed by atoms with Crippen molar-refractivity contribution in [3.05, 3.63) is 11.6 Å². The van der Waals surface area contributed by atoms with Gasteiger partial charge in [0.2, 0.25) is 5.91 Å².